The van der Waals surface area contributed by atoms with Gasteiger partial charge in [0.05, 0.1) is 33.4 Å². The Balaban J connectivity index is 0.949. The molecule has 0 radical (unpaired) electrons. The Hall–Kier alpha value is -8.43. The molecular weight excluding hydrogens is 1030 g/mol. The van der Waals surface area contributed by atoms with E-state index >= 15 is 0 Å². The van der Waals surface area contributed by atoms with Crippen molar-refractivity contribution in [3.05, 3.63) is 248 Å². The summed E-state index contributed by atoms with van der Waals surface area (Å²) in [7, 11) is -0.958. The van der Waals surface area contributed by atoms with Crippen LogP contribution in [0.4, 0.5) is 34.1 Å². The molecule has 0 amide bonds. The maximum absolute atomic E-state index is 6.55. The summed E-state index contributed by atoms with van der Waals surface area (Å²) in [4.78, 5) is 4.74. The Morgan fingerprint density at radius 3 is 1.07 bits per heavy atom. The van der Waals surface area contributed by atoms with Crippen molar-refractivity contribution in [1.82, 2.24) is 4.57 Å². The van der Waals surface area contributed by atoms with Gasteiger partial charge in [0.1, 0.15) is 0 Å². The van der Waals surface area contributed by atoms with Crippen LogP contribution in [-0.4, -0.2) is 41.2 Å². The Morgan fingerprint density at radius 2 is 0.655 bits per heavy atom. The van der Waals surface area contributed by atoms with E-state index in [0.29, 0.717) is 0 Å². The van der Waals surface area contributed by atoms with Crippen molar-refractivity contribution >= 4 is 81.1 Å². The molecule has 2 aliphatic heterocycles. The first-order valence-corrected chi connectivity index (χ1v) is 29.5. The van der Waals surface area contributed by atoms with E-state index < -0.39 is 36.6 Å². The van der Waals surface area contributed by atoms with E-state index in [1.54, 1.807) is 0 Å². The molecule has 0 atom stereocenters. The summed E-state index contributed by atoms with van der Waals surface area (Å²) in [5.74, 6) is 0. The molecule has 414 valence electrons. The minimum absolute atomic E-state index is 0.176. The second-order valence-corrected chi connectivity index (χ2v) is 25.5. The van der Waals surface area contributed by atoms with Crippen LogP contribution < -0.4 is 20.7 Å². The molecule has 11 aromatic rings. The first-order valence-electron chi connectivity index (χ1n) is 29.5. The monoisotopic (exact) mass is 1100 g/mol. The van der Waals surface area contributed by atoms with Crippen LogP contribution in [0.25, 0.3) is 60.9 Å². The molecule has 2 fully saturated rings. The lowest BCUT2D eigenvalue weighted by Crippen LogP contribution is -2.41. The van der Waals surface area contributed by atoms with Crippen LogP contribution in [0.15, 0.2) is 237 Å². The van der Waals surface area contributed by atoms with Gasteiger partial charge in [-0.05, 0) is 208 Å². The molecule has 14 rings (SSSR count). The summed E-state index contributed by atoms with van der Waals surface area (Å²) in [5, 5.41) is 2.25. The van der Waals surface area contributed by atoms with Gasteiger partial charge in [0.2, 0.25) is 0 Å². The maximum atomic E-state index is 6.55. The van der Waals surface area contributed by atoms with Gasteiger partial charge in [0, 0.05) is 56.0 Å². The molecule has 2 saturated heterocycles. The highest BCUT2D eigenvalue weighted by atomic mass is 16.7. The second-order valence-electron chi connectivity index (χ2n) is 25.5. The van der Waals surface area contributed by atoms with Crippen molar-refractivity contribution < 1.29 is 18.6 Å². The largest absolute Gasteiger partial charge is 0.494 e. The molecule has 0 bridgehead atoms. The zero-order chi connectivity index (χ0) is 57.9. The predicted octanol–water partition coefficient (Wildman–Crippen LogP) is 18.0. The van der Waals surface area contributed by atoms with Crippen LogP contribution in [0.3, 0.4) is 0 Å². The van der Waals surface area contributed by atoms with Gasteiger partial charge in [-0.15, -0.1) is 0 Å². The molecule has 1 aliphatic carbocycles. The lowest BCUT2D eigenvalue weighted by Gasteiger charge is -2.32. The molecule has 1 aromatic heterocycles. The average molecular weight is 1100 g/mol. The van der Waals surface area contributed by atoms with Crippen molar-refractivity contribution in [1.29, 1.82) is 0 Å². The quantitative estimate of drug-likeness (QED) is 0.120. The van der Waals surface area contributed by atoms with E-state index in [0.717, 1.165) is 83.7 Å². The SMILES string of the molecule is CC1(C)c2ccccc2-c2ccc(-n3c4ccc(N(c5ccc(B6OC(C)(C)C(C)(C)O6)cc5)c5ccc(-c6ccccc6)cc5)cc4c4cc(N(c5ccc(B6OC(C)(C)C(C)(C)O6)cc5)c5ccc(-c6ccccc6)cc5)ccc43)cc21. The minimum Gasteiger partial charge on any atom is -0.399 e. The molecular formula is C75H69B2N3O4. The van der Waals surface area contributed by atoms with Gasteiger partial charge in [-0.2, -0.15) is 0 Å². The van der Waals surface area contributed by atoms with E-state index in [1.165, 1.54) is 33.4 Å². The van der Waals surface area contributed by atoms with E-state index in [-0.39, 0.29) is 5.41 Å². The second kappa shape index (κ2) is 19.9. The fourth-order valence-electron chi connectivity index (χ4n) is 12.7. The molecule has 0 N–H and O–H groups in total. The van der Waals surface area contributed by atoms with Gasteiger partial charge in [0.15, 0.2) is 0 Å². The van der Waals surface area contributed by atoms with Crippen molar-refractivity contribution in [3.8, 4) is 39.1 Å². The van der Waals surface area contributed by atoms with E-state index in [4.69, 9.17) is 18.6 Å². The third-order valence-electron chi connectivity index (χ3n) is 18.9. The molecule has 3 heterocycles. The van der Waals surface area contributed by atoms with Gasteiger partial charge < -0.3 is 33.0 Å². The van der Waals surface area contributed by atoms with Crippen molar-refractivity contribution in [2.24, 2.45) is 0 Å². The van der Waals surface area contributed by atoms with Crippen molar-refractivity contribution in [2.45, 2.75) is 97.1 Å². The van der Waals surface area contributed by atoms with Gasteiger partial charge in [0.25, 0.3) is 0 Å². The molecule has 3 aliphatic rings. The molecule has 10 aromatic carbocycles. The summed E-state index contributed by atoms with van der Waals surface area (Å²) in [6.07, 6.45) is 0. The summed E-state index contributed by atoms with van der Waals surface area (Å²) in [6, 6.07) is 86.3. The zero-order valence-corrected chi connectivity index (χ0v) is 49.6. The van der Waals surface area contributed by atoms with Crippen LogP contribution in [0.5, 0.6) is 0 Å². The summed E-state index contributed by atoms with van der Waals surface area (Å²) in [6.45, 7) is 21.5. The van der Waals surface area contributed by atoms with Crippen LogP contribution in [0.2, 0.25) is 0 Å². The molecule has 7 nitrogen and oxygen atoms in total. The fraction of sp³-hybridized carbons (Fsp3) is 0.200. The van der Waals surface area contributed by atoms with Crippen molar-refractivity contribution in [2.75, 3.05) is 9.80 Å². The number of benzene rings is 10. The number of aromatic nitrogens is 1. The lowest BCUT2D eigenvalue weighted by molar-refractivity contribution is 0.00578. The predicted molar refractivity (Wildman–Crippen MR) is 350 cm³/mol. The smallest absolute Gasteiger partial charge is 0.399 e. The standard InChI is InChI=1S/C75H69B2N3O4/c1-71(2)67-24-18-17-23-63(67)64-44-41-62(49-68(64)71)80-69-45-42-60(78(56-33-25-52(26-34-56)50-19-13-11-14-20-50)58-37-29-54(30-38-58)76-81-72(3,4)73(5,6)82-76)47-65(69)66-48-61(43-46-70(66)80)79(57-35-27-53(28-36-57)51-21-15-12-16-22-51)59-39-31-55(32-40-59)77-83-74(7,8)75(9,10)84-77/h11-49H,1-10H3. The molecule has 0 saturated carbocycles. The summed E-state index contributed by atoms with van der Waals surface area (Å²) >= 11 is 0. The molecule has 9 heteroatoms. The highest BCUT2D eigenvalue weighted by Gasteiger charge is 2.53. The third kappa shape index (κ3) is 8.99. The average Bonchev–Trinajstić information content (AvgIpc) is 1.95. The highest BCUT2D eigenvalue weighted by molar-refractivity contribution is 6.62. The van der Waals surface area contributed by atoms with Gasteiger partial charge in [-0.1, -0.05) is 153 Å². The first-order chi connectivity index (χ1) is 40.3. The third-order valence-corrected chi connectivity index (χ3v) is 18.9. The first kappa shape index (κ1) is 53.6. The number of nitrogens with zero attached hydrogens (tertiary/aromatic N) is 3. The molecule has 0 unspecified atom stereocenters. The number of rotatable bonds is 11. The molecule has 84 heavy (non-hydrogen) atoms. The van der Waals surface area contributed by atoms with E-state index in [2.05, 4.69) is 320 Å². The number of fused-ring (bicyclic) bond motifs is 6. The number of hydrogen-bond acceptors (Lipinski definition) is 6. The zero-order valence-electron chi connectivity index (χ0n) is 49.6. The van der Waals surface area contributed by atoms with Gasteiger partial charge >= 0.3 is 14.2 Å². The Labute approximate surface area is 495 Å². The van der Waals surface area contributed by atoms with Crippen LogP contribution in [0, 0.1) is 0 Å². The molecule has 0 spiro atoms. The summed E-state index contributed by atoms with van der Waals surface area (Å²) < 4.78 is 28.7. The van der Waals surface area contributed by atoms with Gasteiger partial charge in [-0.25, -0.2) is 0 Å². The van der Waals surface area contributed by atoms with Gasteiger partial charge in [-0.3, -0.25) is 0 Å². The maximum Gasteiger partial charge on any atom is 0.494 e. The Morgan fingerprint density at radius 1 is 0.310 bits per heavy atom. The van der Waals surface area contributed by atoms with Crippen LogP contribution in [-0.2, 0) is 24.0 Å². The number of anilines is 6. The normalized spacial score (nSPS) is 16.9. The van der Waals surface area contributed by atoms with Crippen LogP contribution >= 0.6 is 0 Å². The summed E-state index contributed by atoms with van der Waals surface area (Å²) in [5.41, 5.74) is 19.4. The Bertz CT molecular complexity index is 4030. The minimum atomic E-state index is -0.479. The topological polar surface area (TPSA) is 48.3 Å². The Kier molecular flexibility index (Phi) is 12.7. The van der Waals surface area contributed by atoms with E-state index in [9.17, 15) is 0 Å². The lowest BCUT2D eigenvalue weighted by atomic mass is 9.79. The highest BCUT2D eigenvalue weighted by Crippen LogP contribution is 2.51. The van der Waals surface area contributed by atoms with Crippen LogP contribution in [0.1, 0.15) is 80.4 Å². The van der Waals surface area contributed by atoms with Crippen molar-refractivity contribution in [3.63, 3.8) is 0 Å². The van der Waals surface area contributed by atoms with E-state index in [1.807, 2.05) is 0 Å². The fourth-order valence-corrected chi connectivity index (χ4v) is 12.7. The number of hydrogen-bond donors (Lipinski definition) is 0.